The molecule has 30 heavy (non-hydrogen) atoms. The van der Waals surface area contributed by atoms with Crippen LogP contribution in [0.5, 0.6) is 0 Å². The van der Waals surface area contributed by atoms with E-state index in [1.807, 2.05) is 48.1 Å². The number of aryl methyl sites for hydroxylation is 1. The standard InChI is InChI=1S/C22H25N5O3/c1-3-27-15-16(14-23-27)20-13-18(17-7-5-6-8-19(17)24-20)21(28)25-9-11-26(12-10-25)22(29)30-4-2/h5-8,13-15H,3-4,9-12H2,1-2H3. The average molecular weight is 407 g/mol. The van der Waals surface area contributed by atoms with E-state index in [-0.39, 0.29) is 12.0 Å². The van der Waals surface area contributed by atoms with E-state index >= 15 is 0 Å². The van der Waals surface area contributed by atoms with Crippen LogP contribution in [0, 0.1) is 0 Å². The molecule has 0 radical (unpaired) electrons. The van der Waals surface area contributed by atoms with E-state index in [2.05, 4.69) is 5.10 Å². The highest BCUT2D eigenvalue weighted by molar-refractivity contribution is 6.07. The third-order valence-electron chi connectivity index (χ3n) is 5.29. The zero-order valence-corrected chi connectivity index (χ0v) is 17.2. The highest BCUT2D eigenvalue weighted by Gasteiger charge is 2.27. The molecule has 4 rings (SSSR count). The van der Waals surface area contributed by atoms with Gasteiger partial charge in [-0.15, -0.1) is 0 Å². The van der Waals surface area contributed by atoms with Crippen molar-refractivity contribution in [3.63, 3.8) is 0 Å². The van der Waals surface area contributed by atoms with Crippen LogP contribution in [0.25, 0.3) is 22.2 Å². The highest BCUT2D eigenvalue weighted by atomic mass is 16.6. The van der Waals surface area contributed by atoms with Crippen LogP contribution >= 0.6 is 0 Å². The van der Waals surface area contributed by atoms with Crippen LogP contribution in [0.15, 0.2) is 42.7 Å². The number of aromatic nitrogens is 3. The molecule has 0 N–H and O–H groups in total. The molecule has 0 spiro atoms. The second kappa shape index (κ2) is 8.52. The molecule has 0 saturated carbocycles. The predicted molar refractivity (Wildman–Crippen MR) is 113 cm³/mol. The molecule has 1 fully saturated rings. The van der Waals surface area contributed by atoms with Crippen LogP contribution in [0.2, 0.25) is 0 Å². The lowest BCUT2D eigenvalue weighted by molar-refractivity contribution is 0.0572. The molecule has 0 aliphatic carbocycles. The van der Waals surface area contributed by atoms with E-state index in [4.69, 9.17) is 9.72 Å². The molecule has 3 aromatic rings. The number of carbonyl (C=O) groups excluding carboxylic acids is 2. The Morgan fingerprint density at radius 3 is 2.50 bits per heavy atom. The summed E-state index contributed by atoms with van der Waals surface area (Å²) in [5, 5.41) is 5.15. The van der Waals surface area contributed by atoms with Gasteiger partial charge in [-0.05, 0) is 26.0 Å². The molecule has 3 heterocycles. The van der Waals surface area contributed by atoms with Crippen molar-refractivity contribution in [2.75, 3.05) is 32.8 Å². The third kappa shape index (κ3) is 3.85. The van der Waals surface area contributed by atoms with Gasteiger partial charge in [0.15, 0.2) is 0 Å². The minimum atomic E-state index is -0.325. The van der Waals surface area contributed by atoms with E-state index in [1.54, 1.807) is 22.9 Å². The summed E-state index contributed by atoms with van der Waals surface area (Å²) in [5.74, 6) is -0.0544. The van der Waals surface area contributed by atoms with Crippen molar-refractivity contribution in [2.45, 2.75) is 20.4 Å². The maximum absolute atomic E-state index is 13.4. The first kappa shape index (κ1) is 19.9. The number of hydrogen-bond donors (Lipinski definition) is 0. The first-order valence-electron chi connectivity index (χ1n) is 10.2. The van der Waals surface area contributed by atoms with Crippen LogP contribution < -0.4 is 0 Å². The zero-order valence-electron chi connectivity index (χ0n) is 17.2. The Morgan fingerprint density at radius 1 is 1.07 bits per heavy atom. The van der Waals surface area contributed by atoms with Gasteiger partial charge in [-0.2, -0.15) is 5.10 Å². The largest absolute Gasteiger partial charge is 0.450 e. The topological polar surface area (TPSA) is 80.6 Å². The Hall–Kier alpha value is -3.42. The number of rotatable bonds is 4. The normalized spacial score (nSPS) is 14.2. The van der Waals surface area contributed by atoms with Gasteiger partial charge in [0.1, 0.15) is 0 Å². The van der Waals surface area contributed by atoms with Crippen molar-refractivity contribution in [1.29, 1.82) is 0 Å². The quantitative estimate of drug-likeness (QED) is 0.664. The highest BCUT2D eigenvalue weighted by Crippen LogP contribution is 2.26. The molecular formula is C22H25N5O3. The van der Waals surface area contributed by atoms with E-state index < -0.39 is 0 Å². The molecule has 1 aliphatic rings. The first-order chi connectivity index (χ1) is 14.6. The van der Waals surface area contributed by atoms with Gasteiger partial charge in [0, 0.05) is 49.9 Å². The summed E-state index contributed by atoms with van der Waals surface area (Å²) in [7, 11) is 0. The maximum atomic E-state index is 13.4. The number of hydrogen-bond acceptors (Lipinski definition) is 5. The Bertz CT molecular complexity index is 1070. The third-order valence-corrected chi connectivity index (χ3v) is 5.29. The Labute approximate surface area is 175 Å². The van der Waals surface area contributed by atoms with E-state index in [1.165, 1.54) is 0 Å². The summed E-state index contributed by atoms with van der Waals surface area (Å²) in [6.45, 7) is 6.79. The smallest absolute Gasteiger partial charge is 0.409 e. The molecule has 0 atom stereocenters. The fourth-order valence-electron chi connectivity index (χ4n) is 3.65. The minimum absolute atomic E-state index is 0.0544. The number of fused-ring (bicyclic) bond motifs is 1. The summed E-state index contributed by atoms with van der Waals surface area (Å²) in [6, 6.07) is 9.51. The fraction of sp³-hybridized carbons (Fsp3) is 0.364. The molecule has 156 valence electrons. The van der Waals surface area contributed by atoms with Gasteiger partial charge in [0.2, 0.25) is 0 Å². The minimum Gasteiger partial charge on any atom is -0.450 e. The number of amides is 2. The molecule has 2 aromatic heterocycles. The van der Waals surface area contributed by atoms with Gasteiger partial charge in [0.25, 0.3) is 5.91 Å². The van der Waals surface area contributed by atoms with Crippen molar-refractivity contribution in [3.8, 4) is 11.3 Å². The average Bonchev–Trinajstić information content (AvgIpc) is 3.27. The molecule has 0 bridgehead atoms. The number of ether oxygens (including phenoxy) is 1. The summed E-state index contributed by atoms with van der Waals surface area (Å²) in [4.78, 5) is 33.5. The van der Waals surface area contributed by atoms with Crippen molar-refractivity contribution < 1.29 is 14.3 Å². The second-order valence-corrected chi connectivity index (χ2v) is 7.14. The Balaban J connectivity index is 1.63. The molecule has 2 amide bonds. The van der Waals surface area contributed by atoms with E-state index in [0.29, 0.717) is 38.3 Å². The number of nitrogens with zero attached hydrogens (tertiary/aromatic N) is 5. The van der Waals surface area contributed by atoms with E-state index in [0.717, 1.165) is 28.7 Å². The molecular weight excluding hydrogens is 382 g/mol. The fourth-order valence-corrected chi connectivity index (χ4v) is 3.65. The van der Waals surface area contributed by atoms with Crippen molar-refractivity contribution in [1.82, 2.24) is 24.6 Å². The van der Waals surface area contributed by atoms with Gasteiger partial charge < -0.3 is 14.5 Å². The Morgan fingerprint density at radius 2 is 1.80 bits per heavy atom. The molecule has 8 heteroatoms. The van der Waals surface area contributed by atoms with Gasteiger partial charge >= 0.3 is 6.09 Å². The van der Waals surface area contributed by atoms with Gasteiger partial charge in [-0.25, -0.2) is 9.78 Å². The summed E-state index contributed by atoms with van der Waals surface area (Å²) >= 11 is 0. The van der Waals surface area contributed by atoms with Crippen LogP contribution in [-0.4, -0.2) is 69.4 Å². The summed E-state index contributed by atoms with van der Waals surface area (Å²) in [6.07, 6.45) is 3.38. The Kier molecular flexibility index (Phi) is 5.65. The van der Waals surface area contributed by atoms with E-state index in [9.17, 15) is 9.59 Å². The second-order valence-electron chi connectivity index (χ2n) is 7.14. The van der Waals surface area contributed by atoms with Crippen LogP contribution in [0.4, 0.5) is 4.79 Å². The predicted octanol–water partition coefficient (Wildman–Crippen LogP) is 3.03. The number of benzene rings is 1. The van der Waals surface area contributed by atoms with Gasteiger partial charge in [-0.3, -0.25) is 9.48 Å². The van der Waals surface area contributed by atoms with Crippen LogP contribution in [0.3, 0.4) is 0 Å². The van der Waals surface area contributed by atoms with Crippen LogP contribution in [0.1, 0.15) is 24.2 Å². The van der Waals surface area contributed by atoms with Crippen molar-refractivity contribution in [2.24, 2.45) is 0 Å². The number of carbonyl (C=O) groups is 2. The summed E-state index contributed by atoms with van der Waals surface area (Å²) in [5.41, 5.74) is 2.99. The molecule has 1 aliphatic heterocycles. The first-order valence-corrected chi connectivity index (χ1v) is 10.2. The number of pyridine rings is 1. The lowest BCUT2D eigenvalue weighted by Crippen LogP contribution is -2.50. The maximum Gasteiger partial charge on any atom is 0.409 e. The monoisotopic (exact) mass is 407 g/mol. The SMILES string of the molecule is CCOC(=O)N1CCN(C(=O)c2cc(-c3cnn(CC)c3)nc3ccccc23)CC1. The zero-order chi connectivity index (χ0) is 21.1. The number of para-hydroxylation sites is 1. The van der Waals surface area contributed by atoms with Crippen molar-refractivity contribution in [3.05, 3.63) is 48.3 Å². The van der Waals surface area contributed by atoms with Crippen LogP contribution in [-0.2, 0) is 11.3 Å². The van der Waals surface area contributed by atoms with Gasteiger partial charge in [0.05, 0.1) is 29.6 Å². The lowest BCUT2D eigenvalue weighted by Gasteiger charge is -2.34. The lowest BCUT2D eigenvalue weighted by atomic mass is 10.0. The van der Waals surface area contributed by atoms with Gasteiger partial charge in [-0.1, -0.05) is 18.2 Å². The molecule has 0 unspecified atom stereocenters. The summed E-state index contributed by atoms with van der Waals surface area (Å²) < 4.78 is 6.90. The number of piperazine rings is 1. The molecule has 8 nitrogen and oxygen atoms in total. The molecule has 1 aromatic carbocycles. The molecule has 1 saturated heterocycles. The van der Waals surface area contributed by atoms with Crippen molar-refractivity contribution >= 4 is 22.9 Å².